The van der Waals surface area contributed by atoms with Gasteiger partial charge in [0, 0.05) is 29.7 Å². The number of rotatable bonds is 8. The summed E-state index contributed by atoms with van der Waals surface area (Å²) in [5.41, 5.74) is 1.29. The molecule has 0 atom stereocenters. The lowest BCUT2D eigenvalue weighted by molar-refractivity contribution is 0.0986. The Morgan fingerprint density at radius 2 is 1.78 bits per heavy atom. The van der Waals surface area contributed by atoms with Gasteiger partial charge in [0.1, 0.15) is 0 Å². The first-order valence-corrected chi connectivity index (χ1v) is 14.8. The van der Waals surface area contributed by atoms with E-state index in [0.29, 0.717) is 36.2 Å². The van der Waals surface area contributed by atoms with Crippen molar-refractivity contribution in [3.8, 4) is 0 Å². The van der Waals surface area contributed by atoms with Crippen LogP contribution in [0.2, 0.25) is 0 Å². The van der Waals surface area contributed by atoms with Gasteiger partial charge in [0.2, 0.25) is 10.0 Å². The molecule has 36 heavy (non-hydrogen) atoms. The topological polar surface area (TPSA) is 73.8 Å². The average molecular weight is 616 g/mol. The molecule has 0 aliphatic carbocycles. The standard InChI is InChI=1S/C25H31BrN4O3S2.ClH/c1-18-11-15-29(16-12-18)35(32,33)21-8-5-19(6-9-21)24(31)30(14-4-13-28(2)3)25-27-22-10-7-20(26)17-23(22)34-25;/h5-10,17-18H,4,11-16H2,1-3H3;1H. The van der Waals surface area contributed by atoms with Gasteiger partial charge in [-0.3, -0.25) is 9.69 Å². The summed E-state index contributed by atoms with van der Waals surface area (Å²) in [4.78, 5) is 22.3. The minimum Gasteiger partial charge on any atom is -0.309 e. The van der Waals surface area contributed by atoms with Gasteiger partial charge < -0.3 is 4.90 Å². The van der Waals surface area contributed by atoms with Crippen molar-refractivity contribution in [3.63, 3.8) is 0 Å². The van der Waals surface area contributed by atoms with Crippen molar-refractivity contribution in [2.45, 2.75) is 31.1 Å². The van der Waals surface area contributed by atoms with Crippen LogP contribution in [-0.2, 0) is 10.0 Å². The first kappa shape index (κ1) is 29.0. The van der Waals surface area contributed by atoms with Gasteiger partial charge in [-0.25, -0.2) is 13.4 Å². The quantitative estimate of drug-likeness (QED) is 0.335. The fourth-order valence-electron chi connectivity index (χ4n) is 4.13. The number of aromatic nitrogens is 1. The smallest absolute Gasteiger partial charge is 0.260 e. The third-order valence-corrected chi connectivity index (χ3v) is 9.73. The summed E-state index contributed by atoms with van der Waals surface area (Å²) in [7, 11) is 0.450. The zero-order valence-electron chi connectivity index (χ0n) is 20.7. The summed E-state index contributed by atoms with van der Waals surface area (Å²) in [6, 6.07) is 12.2. The number of sulfonamides is 1. The Kier molecular flexibility index (Phi) is 9.93. The maximum Gasteiger partial charge on any atom is 0.260 e. The Balaban J connectivity index is 0.00000361. The fourth-order valence-corrected chi connectivity index (χ4v) is 7.14. The average Bonchev–Trinajstić information content (AvgIpc) is 3.24. The van der Waals surface area contributed by atoms with E-state index in [1.54, 1.807) is 33.5 Å². The van der Waals surface area contributed by atoms with Gasteiger partial charge in [0.05, 0.1) is 15.1 Å². The first-order chi connectivity index (χ1) is 16.6. The number of anilines is 1. The predicted octanol–water partition coefficient (Wildman–Crippen LogP) is 5.50. The molecule has 0 radical (unpaired) electrons. The van der Waals surface area contributed by atoms with Crippen LogP contribution in [0, 0.1) is 5.92 Å². The van der Waals surface area contributed by atoms with Crippen LogP contribution in [0.4, 0.5) is 5.13 Å². The molecule has 4 rings (SSSR count). The molecule has 11 heteroatoms. The maximum absolute atomic E-state index is 13.6. The number of hydrogen-bond acceptors (Lipinski definition) is 6. The van der Waals surface area contributed by atoms with E-state index in [2.05, 4.69) is 27.8 Å². The normalized spacial score (nSPS) is 15.2. The van der Waals surface area contributed by atoms with Crippen molar-refractivity contribution in [1.29, 1.82) is 0 Å². The number of nitrogens with zero attached hydrogens (tertiary/aromatic N) is 4. The van der Waals surface area contributed by atoms with Crippen molar-refractivity contribution in [1.82, 2.24) is 14.2 Å². The SMILES string of the molecule is CC1CCN(S(=O)(=O)c2ccc(C(=O)N(CCCN(C)C)c3nc4ccc(Br)cc4s3)cc2)CC1.Cl. The molecule has 1 fully saturated rings. The third-order valence-electron chi connectivity index (χ3n) is 6.28. The molecule has 1 saturated heterocycles. The number of carbonyl (C=O) groups is 1. The Labute approximate surface area is 232 Å². The number of thiazole rings is 1. The molecule has 1 aliphatic heterocycles. The highest BCUT2D eigenvalue weighted by molar-refractivity contribution is 9.10. The minimum absolute atomic E-state index is 0. The summed E-state index contributed by atoms with van der Waals surface area (Å²) >= 11 is 4.97. The van der Waals surface area contributed by atoms with Crippen LogP contribution < -0.4 is 4.90 Å². The van der Waals surface area contributed by atoms with Gasteiger partial charge >= 0.3 is 0 Å². The highest BCUT2D eigenvalue weighted by atomic mass is 79.9. The molecule has 0 N–H and O–H groups in total. The van der Waals surface area contributed by atoms with Crippen molar-refractivity contribution in [3.05, 3.63) is 52.5 Å². The highest BCUT2D eigenvalue weighted by Gasteiger charge is 2.28. The molecule has 0 unspecified atom stereocenters. The molecule has 7 nitrogen and oxygen atoms in total. The molecular weight excluding hydrogens is 584 g/mol. The zero-order chi connectivity index (χ0) is 25.2. The molecule has 3 aromatic rings. The predicted molar refractivity (Wildman–Crippen MR) is 153 cm³/mol. The molecule has 1 aliphatic rings. The number of benzene rings is 2. The molecule has 1 aromatic heterocycles. The summed E-state index contributed by atoms with van der Waals surface area (Å²) in [5, 5.41) is 0.640. The van der Waals surface area contributed by atoms with E-state index in [0.717, 1.165) is 40.5 Å². The highest BCUT2D eigenvalue weighted by Crippen LogP contribution is 2.32. The van der Waals surface area contributed by atoms with Gasteiger partial charge in [-0.2, -0.15) is 4.31 Å². The Bertz CT molecular complexity index is 1290. The second-order valence-corrected chi connectivity index (χ2v) is 13.2. The molecule has 2 heterocycles. The summed E-state index contributed by atoms with van der Waals surface area (Å²) in [5.74, 6) is 0.362. The second-order valence-electron chi connectivity index (χ2n) is 9.33. The lowest BCUT2D eigenvalue weighted by Crippen LogP contribution is -2.38. The van der Waals surface area contributed by atoms with Crippen LogP contribution in [0.5, 0.6) is 0 Å². The van der Waals surface area contributed by atoms with Gasteiger partial charge in [-0.05, 0) is 88.3 Å². The van der Waals surface area contributed by atoms with Crippen LogP contribution in [0.25, 0.3) is 10.2 Å². The molecule has 2 aromatic carbocycles. The van der Waals surface area contributed by atoms with Gasteiger partial charge in [-0.15, -0.1) is 12.4 Å². The van der Waals surface area contributed by atoms with Crippen molar-refractivity contribution >= 4 is 71.0 Å². The maximum atomic E-state index is 13.6. The Hall–Kier alpha value is -1.56. The number of fused-ring (bicyclic) bond motifs is 1. The summed E-state index contributed by atoms with van der Waals surface area (Å²) in [6.07, 6.45) is 2.53. The fraction of sp³-hybridized carbons (Fsp3) is 0.440. The first-order valence-electron chi connectivity index (χ1n) is 11.8. The third kappa shape index (κ3) is 6.65. The van der Waals surface area contributed by atoms with Crippen molar-refractivity contribution in [2.24, 2.45) is 5.92 Å². The van der Waals surface area contributed by atoms with E-state index >= 15 is 0 Å². The largest absolute Gasteiger partial charge is 0.309 e. The lowest BCUT2D eigenvalue weighted by Gasteiger charge is -2.29. The van der Waals surface area contributed by atoms with Crippen LogP contribution in [-0.4, -0.2) is 68.8 Å². The van der Waals surface area contributed by atoms with E-state index in [4.69, 9.17) is 4.98 Å². The Morgan fingerprint density at radius 3 is 2.42 bits per heavy atom. The number of piperidine rings is 1. The molecule has 0 saturated carbocycles. The summed E-state index contributed by atoms with van der Waals surface area (Å²) < 4.78 is 29.7. The molecule has 0 spiro atoms. The van der Waals surface area contributed by atoms with Crippen LogP contribution in [0.15, 0.2) is 51.8 Å². The van der Waals surface area contributed by atoms with Crippen LogP contribution in [0.1, 0.15) is 36.5 Å². The zero-order valence-corrected chi connectivity index (χ0v) is 24.7. The van der Waals surface area contributed by atoms with Crippen LogP contribution >= 0.6 is 39.7 Å². The van der Waals surface area contributed by atoms with Gasteiger partial charge in [0.15, 0.2) is 5.13 Å². The van der Waals surface area contributed by atoms with Crippen LogP contribution in [0.3, 0.4) is 0 Å². The van der Waals surface area contributed by atoms with E-state index in [1.165, 1.54) is 11.3 Å². The molecular formula is C25H32BrClN4O3S2. The summed E-state index contributed by atoms with van der Waals surface area (Å²) in [6.45, 7) is 4.59. The van der Waals surface area contributed by atoms with Gasteiger partial charge in [-0.1, -0.05) is 34.2 Å². The molecule has 196 valence electrons. The van der Waals surface area contributed by atoms with E-state index in [9.17, 15) is 13.2 Å². The van der Waals surface area contributed by atoms with E-state index in [-0.39, 0.29) is 23.2 Å². The minimum atomic E-state index is -3.56. The van der Waals surface area contributed by atoms with Gasteiger partial charge in [0.25, 0.3) is 5.91 Å². The lowest BCUT2D eigenvalue weighted by atomic mass is 10.0. The number of amides is 1. The molecule has 1 amide bonds. The number of hydrogen-bond donors (Lipinski definition) is 0. The van der Waals surface area contributed by atoms with E-state index in [1.807, 2.05) is 32.3 Å². The number of carbonyl (C=O) groups excluding carboxylic acids is 1. The van der Waals surface area contributed by atoms with Crippen molar-refractivity contribution < 1.29 is 13.2 Å². The van der Waals surface area contributed by atoms with Crippen molar-refractivity contribution in [2.75, 3.05) is 45.2 Å². The number of halogens is 2. The second kappa shape index (κ2) is 12.3. The van der Waals surface area contributed by atoms with E-state index < -0.39 is 10.0 Å². The monoisotopic (exact) mass is 614 g/mol. The molecule has 0 bridgehead atoms. The Morgan fingerprint density at radius 1 is 1.11 bits per heavy atom.